The summed E-state index contributed by atoms with van der Waals surface area (Å²) in [7, 11) is 0. The van der Waals surface area contributed by atoms with Gasteiger partial charge < -0.3 is 19.5 Å². The maximum absolute atomic E-state index is 12.5. The zero-order valence-electron chi connectivity index (χ0n) is 13.3. The quantitative estimate of drug-likeness (QED) is 0.643. The number of carbonyl (C=O) groups excluding carboxylic acids is 2. The van der Waals surface area contributed by atoms with Gasteiger partial charge in [-0.25, -0.2) is 0 Å². The van der Waals surface area contributed by atoms with Crippen LogP contribution in [0.25, 0.3) is 0 Å². The number of ether oxygens (including phenoxy) is 1. The fraction of sp³-hybridized carbons (Fsp3) is 0.600. The normalized spacial score (nSPS) is 19.3. The van der Waals surface area contributed by atoms with Crippen molar-refractivity contribution in [2.45, 2.75) is 12.8 Å². The standard InChI is InChI=1S/C15H20N4O5/c20-14(18-5-7-24-8-6-18)11-1-3-17(4-2-11)15(21)13-9-12(10-16-13)19(22)23/h9-11,16H,1-8H2. The van der Waals surface area contributed by atoms with E-state index < -0.39 is 4.92 Å². The average Bonchev–Trinajstić information content (AvgIpc) is 3.12. The van der Waals surface area contributed by atoms with Gasteiger partial charge in [-0.05, 0) is 12.8 Å². The number of likely N-dealkylation sites (tertiary alicyclic amines) is 1. The van der Waals surface area contributed by atoms with Gasteiger partial charge in [-0.3, -0.25) is 19.7 Å². The molecule has 9 nitrogen and oxygen atoms in total. The van der Waals surface area contributed by atoms with Gasteiger partial charge in [0.15, 0.2) is 0 Å². The van der Waals surface area contributed by atoms with Crippen molar-refractivity contribution in [3.05, 3.63) is 28.1 Å². The lowest BCUT2D eigenvalue weighted by atomic mass is 9.95. The van der Waals surface area contributed by atoms with Gasteiger partial charge in [0.2, 0.25) is 5.91 Å². The van der Waals surface area contributed by atoms with E-state index in [0.717, 1.165) is 0 Å². The van der Waals surface area contributed by atoms with Gasteiger partial charge in [-0.15, -0.1) is 0 Å². The molecule has 0 aliphatic carbocycles. The first-order valence-electron chi connectivity index (χ1n) is 8.05. The van der Waals surface area contributed by atoms with Crippen LogP contribution in [0.15, 0.2) is 12.3 Å². The van der Waals surface area contributed by atoms with E-state index >= 15 is 0 Å². The highest BCUT2D eigenvalue weighted by Crippen LogP contribution is 2.22. The summed E-state index contributed by atoms with van der Waals surface area (Å²) in [5.41, 5.74) is 0.0791. The molecule has 0 radical (unpaired) electrons. The summed E-state index contributed by atoms with van der Waals surface area (Å²) in [6.45, 7) is 3.37. The number of piperidine rings is 1. The van der Waals surface area contributed by atoms with Gasteiger partial charge in [-0.2, -0.15) is 0 Å². The number of hydrogen-bond donors (Lipinski definition) is 1. The van der Waals surface area contributed by atoms with E-state index in [2.05, 4.69) is 4.98 Å². The molecule has 1 N–H and O–H groups in total. The second-order valence-electron chi connectivity index (χ2n) is 6.03. The van der Waals surface area contributed by atoms with Gasteiger partial charge in [0.1, 0.15) is 5.69 Å². The lowest BCUT2D eigenvalue weighted by Gasteiger charge is -2.35. The molecule has 130 valence electrons. The summed E-state index contributed by atoms with van der Waals surface area (Å²) < 4.78 is 5.26. The molecule has 0 unspecified atom stereocenters. The number of hydrogen-bond acceptors (Lipinski definition) is 5. The number of aromatic amines is 1. The highest BCUT2D eigenvalue weighted by atomic mass is 16.6. The van der Waals surface area contributed by atoms with Gasteiger partial charge in [0.25, 0.3) is 11.6 Å². The molecule has 2 aliphatic heterocycles. The maximum Gasteiger partial charge on any atom is 0.287 e. The Morgan fingerprint density at radius 2 is 1.83 bits per heavy atom. The highest BCUT2D eigenvalue weighted by Gasteiger charge is 2.31. The third-order valence-electron chi connectivity index (χ3n) is 4.56. The van der Waals surface area contributed by atoms with Gasteiger partial charge in [-0.1, -0.05) is 0 Å². The summed E-state index contributed by atoms with van der Waals surface area (Å²) in [5.74, 6) is -0.189. The van der Waals surface area contributed by atoms with E-state index in [1.807, 2.05) is 4.90 Å². The molecule has 0 atom stereocenters. The Hall–Kier alpha value is -2.42. The molecule has 9 heteroatoms. The van der Waals surface area contributed by atoms with Crippen molar-refractivity contribution < 1.29 is 19.2 Å². The van der Waals surface area contributed by atoms with E-state index in [-0.39, 0.29) is 29.1 Å². The van der Waals surface area contributed by atoms with Crippen molar-refractivity contribution in [3.8, 4) is 0 Å². The number of H-pyrrole nitrogens is 1. The predicted octanol–water partition coefficient (Wildman–Crippen LogP) is 0.634. The molecular formula is C15H20N4O5. The largest absolute Gasteiger partial charge is 0.378 e. The molecule has 1 aromatic rings. The molecule has 0 bridgehead atoms. The molecule has 2 fully saturated rings. The highest BCUT2D eigenvalue weighted by molar-refractivity contribution is 5.93. The fourth-order valence-electron chi connectivity index (χ4n) is 3.15. The predicted molar refractivity (Wildman–Crippen MR) is 83.5 cm³/mol. The van der Waals surface area contributed by atoms with Crippen LogP contribution >= 0.6 is 0 Å². The van der Waals surface area contributed by atoms with Crippen LogP contribution in [0.4, 0.5) is 5.69 Å². The molecule has 2 saturated heterocycles. The molecule has 0 aromatic carbocycles. The van der Waals surface area contributed by atoms with Crippen molar-refractivity contribution >= 4 is 17.5 Å². The summed E-state index contributed by atoms with van der Waals surface area (Å²) in [5, 5.41) is 10.7. The Bertz CT molecular complexity index is 630. The monoisotopic (exact) mass is 336 g/mol. The topological polar surface area (TPSA) is 109 Å². The summed E-state index contributed by atoms with van der Waals surface area (Å²) in [6, 6.07) is 1.24. The van der Waals surface area contributed by atoms with Gasteiger partial charge >= 0.3 is 0 Å². The summed E-state index contributed by atoms with van der Waals surface area (Å²) in [4.78, 5) is 41.1. The number of aromatic nitrogens is 1. The first-order valence-corrected chi connectivity index (χ1v) is 8.05. The van der Waals surface area contributed by atoms with Gasteiger partial charge in [0.05, 0.1) is 24.3 Å². The number of amides is 2. The lowest BCUT2D eigenvalue weighted by molar-refractivity contribution is -0.384. The van der Waals surface area contributed by atoms with E-state index in [9.17, 15) is 19.7 Å². The third-order valence-corrected chi connectivity index (χ3v) is 4.56. The summed E-state index contributed by atoms with van der Waals surface area (Å²) in [6.07, 6.45) is 2.44. The Labute approximate surface area is 138 Å². The first-order chi connectivity index (χ1) is 11.6. The number of carbonyl (C=O) groups is 2. The molecule has 2 aliphatic rings. The number of nitro groups is 1. The Kier molecular flexibility index (Phi) is 4.79. The zero-order chi connectivity index (χ0) is 17.1. The van der Waals surface area contributed by atoms with Crippen LogP contribution in [0.1, 0.15) is 23.3 Å². The zero-order valence-corrected chi connectivity index (χ0v) is 13.3. The number of morpholine rings is 1. The third kappa shape index (κ3) is 3.40. The molecule has 3 heterocycles. The molecule has 0 saturated carbocycles. The molecule has 1 aromatic heterocycles. The van der Waals surface area contributed by atoms with Crippen LogP contribution in [-0.2, 0) is 9.53 Å². The van der Waals surface area contributed by atoms with E-state index in [1.54, 1.807) is 4.90 Å². The van der Waals surface area contributed by atoms with Crippen molar-refractivity contribution in [3.63, 3.8) is 0 Å². The molecular weight excluding hydrogens is 316 g/mol. The second kappa shape index (κ2) is 7.00. The minimum absolute atomic E-state index is 0.0647. The van der Waals surface area contributed by atoms with E-state index in [0.29, 0.717) is 52.2 Å². The number of rotatable bonds is 3. The minimum atomic E-state index is -0.541. The van der Waals surface area contributed by atoms with Crippen LogP contribution < -0.4 is 0 Å². The second-order valence-corrected chi connectivity index (χ2v) is 6.03. The van der Waals surface area contributed by atoms with Crippen molar-refractivity contribution in [1.82, 2.24) is 14.8 Å². The van der Waals surface area contributed by atoms with Crippen molar-refractivity contribution in [2.75, 3.05) is 39.4 Å². The smallest absolute Gasteiger partial charge is 0.287 e. The Morgan fingerprint density at radius 3 is 2.42 bits per heavy atom. The van der Waals surface area contributed by atoms with E-state index in [4.69, 9.17) is 4.74 Å². The van der Waals surface area contributed by atoms with Crippen LogP contribution in [0.5, 0.6) is 0 Å². The van der Waals surface area contributed by atoms with Crippen LogP contribution in [0, 0.1) is 16.0 Å². The number of nitrogens with one attached hydrogen (secondary N) is 1. The minimum Gasteiger partial charge on any atom is -0.378 e. The Balaban J connectivity index is 1.55. The lowest BCUT2D eigenvalue weighted by Crippen LogP contribution is -2.47. The van der Waals surface area contributed by atoms with E-state index in [1.165, 1.54) is 12.3 Å². The molecule has 0 spiro atoms. The fourth-order valence-corrected chi connectivity index (χ4v) is 3.15. The van der Waals surface area contributed by atoms with Crippen LogP contribution in [0.3, 0.4) is 0 Å². The van der Waals surface area contributed by atoms with Crippen molar-refractivity contribution in [1.29, 1.82) is 0 Å². The van der Waals surface area contributed by atoms with Crippen LogP contribution in [0.2, 0.25) is 0 Å². The first kappa shape index (κ1) is 16.4. The SMILES string of the molecule is O=C(c1cc([N+](=O)[O-])c[nH]1)N1CCC(C(=O)N2CCOCC2)CC1. The number of nitrogens with zero attached hydrogens (tertiary/aromatic N) is 3. The van der Waals surface area contributed by atoms with Crippen molar-refractivity contribution in [2.24, 2.45) is 5.92 Å². The average molecular weight is 336 g/mol. The molecule has 24 heavy (non-hydrogen) atoms. The molecule has 2 amide bonds. The Morgan fingerprint density at radius 1 is 1.17 bits per heavy atom. The van der Waals surface area contributed by atoms with Crippen LogP contribution in [-0.4, -0.2) is 70.9 Å². The molecule has 3 rings (SSSR count). The summed E-state index contributed by atoms with van der Waals surface area (Å²) >= 11 is 0. The maximum atomic E-state index is 12.5. The van der Waals surface area contributed by atoms with Gasteiger partial charge in [0, 0.05) is 38.2 Å².